The van der Waals surface area contributed by atoms with Crippen molar-refractivity contribution >= 4 is 22.3 Å². The molecule has 0 bridgehead atoms. The zero-order valence-electron chi connectivity index (χ0n) is 10.4. The van der Waals surface area contributed by atoms with Crippen molar-refractivity contribution in [1.82, 2.24) is 0 Å². The fourth-order valence-electron chi connectivity index (χ4n) is 1.56. The molecule has 1 heterocycles. The number of halogens is 1. The van der Waals surface area contributed by atoms with Gasteiger partial charge in [0.15, 0.2) is 0 Å². The molecule has 20 heavy (non-hydrogen) atoms. The molecule has 1 atom stereocenters. The second kappa shape index (κ2) is 5.79. The van der Waals surface area contributed by atoms with Crippen LogP contribution < -0.4 is 0 Å². The minimum Gasteiger partial charge on any atom is -0.454 e. The lowest BCUT2D eigenvalue weighted by Gasteiger charge is -2.12. The first-order chi connectivity index (χ1) is 9.47. The molecule has 0 aliphatic rings. The van der Waals surface area contributed by atoms with Gasteiger partial charge in [-0.1, -0.05) is 23.5 Å². The molecule has 0 saturated heterocycles. The van der Waals surface area contributed by atoms with E-state index < -0.39 is 17.0 Å². The van der Waals surface area contributed by atoms with Gasteiger partial charge in [-0.15, -0.1) is 0 Å². The highest BCUT2D eigenvalue weighted by molar-refractivity contribution is 7.17. The van der Waals surface area contributed by atoms with Crippen LogP contribution >= 0.6 is 11.3 Å². The van der Waals surface area contributed by atoms with Crippen molar-refractivity contribution in [2.45, 2.75) is 13.0 Å². The summed E-state index contributed by atoms with van der Waals surface area (Å²) >= 11 is 0.755. The molecule has 7 heteroatoms. The second-order valence-electron chi connectivity index (χ2n) is 3.99. The Bertz CT molecular complexity index is 638. The second-order valence-corrected chi connectivity index (χ2v) is 5.06. The molecule has 0 aliphatic carbocycles. The highest BCUT2D eigenvalue weighted by atomic mass is 32.1. The SMILES string of the molecule is CC(OC(=O)c1ccc([N+](=O)[O-])s1)c1ccc(F)cc1. The van der Waals surface area contributed by atoms with E-state index in [9.17, 15) is 19.3 Å². The van der Waals surface area contributed by atoms with Crippen LogP contribution in [0.1, 0.15) is 28.3 Å². The van der Waals surface area contributed by atoms with Crippen molar-refractivity contribution in [1.29, 1.82) is 0 Å². The zero-order chi connectivity index (χ0) is 14.7. The predicted molar refractivity (Wildman–Crippen MR) is 71.2 cm³/mol. The van der Waals surface area contributed by atoms with Crippen LogP contribution in [-0.2, 0) is 4.74 Å². The summed E-state index contributed by atoms with van der Waals surface area (Å²) in [6.45, 7) is 1.65. The third-order valence-corrected chi connectivity index (χ3v) is 3.61. The van der Waals surface area contributed by atoms with Gasteiger partial charge in [-0.25, -0.2) is 9.18 Å². The normalized spacial score (nSPS) is 11.9. The Morgan fingerprint density at radius 3 is 2.50 bits per heavy atom. The van der Waals surface area contributed by atoms with Crippen LogP contribution in [0.4, 0.5) is 9.39 Å². The third-order valence-electron chi connectivity index (χ3n) is 2.60. The standard InChI is InChI=1S/C13H10FNO4S/c1-8(9-2-4-10(14)5-3-9)19-13(16)11-6-7-12(20-11)15(17)18/h2-8H,1H3. The van der Waals surface area contributed by atoms with Gasteiger partial charge in [0.1, 0.15) is 16.8 Å². The van der Waals surface area contributed by atoms with E-state index in [0.29, 0.717) is 5.56 Å². The van der Waals surface area contributed by atoms with Gasteiger partial charge in [0.05, 0.1) is 4.92 Å². The quantitative estimate of drug-likeness (QED) is 0.490. The maximum absolute atomic E-state index is 12.8. The summed E-state index contributed by atoms with van der Waals surface area (Å²) in [6.07, 6.45) is -0.566. The molecule has 1 unspecified atom stereocenters. The summed E-state index contributed by atoms with van der Waals surface area (Å²) < 4.78 is 18.0. The van der Waals surface area contributed by atoms with E-state index >= 15 is 0 Å². The summed E-state index contributed by atoms with van der Waals surface area (Å²) in [5.74, 6) is -1.01. The number of esters is 1. The van der Waals surface area contributed by atoms with Crippen LogP contribution in [0.5, 0.6) is 0 Å². The summed E-state index contributed by atoms with van der Waals surface area (Å²) in [7, 11) is 0. The first-order valence-corrected chi connectivity index (χ1v) is 6.49. The average Bonchev–Trinajstić information content (AvgIpc) is 2.89. The smallest absolute Gasteiger partial charge is 0.349 e. The van der Waals surface area contributed by atoms with Gasteiger partial charge in [-0.3, -0.25) is 10.1 Å². The highest BCUT2D eigenvalue weighted by Gasteiger charge is 2.19. The van der Waals surface area contributed by atoms with Crippen LogP contribution in [0, 0.1) is 15.9 Å². The average molecular weight is 295 g/mol. The first kappa shape index (κ1) is 14.1. The van der Waals surface area contributed by atoms with Gasteiger partial charge in [0, 0.05) is 6.07 Å². The van der Waals surface area contributed by atoms with E-state index in [-0.39, 0.29) is 15.7 Å². The Hall–Kier alpha value is -2.28. The Balaban J connectivity index is 2.06. The maximum Gasteiger partial charge on any atom is 0.349 e. The largest absolute Gasteiger partial charge is 0.454 e. The molecule has 0 saturated carbocycles. The number of thiophene rings is 1. The highest BCUT2D eigenvalue weighted by Crippen LogP contribution is 2.26. The van der Waals surface area contributed by atoms with Crippen LogP contribution in [-0.4, -0.2) is 10.9 Å². The first-order valence-electron chi connectivity index (χ1n) is 5.68. The lowest BCUT2D eigenvalue weighted by Crippen LogP contribution is -2.07. The molecule has 0 spiro atoms. The maximum atomic E-state index is 12.8. The van der Waals surface area contributed by atoms with Gasteiger partial charge >= 0.3 is 11.0 Å². The van der Waals surface area contributed by atoms with E-state index in [2.05, 4.69) is 0 Å². The summed E-state index contributed by atoms with van der Waals surface area (Å²) in [5, 5.41) is 10.4. The topological polar surface area (TPSA) is 69.4 Å². The lowest BCUT2D eigenvalue weighted by atomic mass is 10.1. The molecule has 1 aromatic heterocycles. The molecular weight excluding hydrogens is 285 g/mol. The number of nitro groups is 1. The van der Waals surface area contributed by atoms with Crippen molar-refractivity contribution in [3.8, 4) is 0 Å². The zero-order valence-corrected chi connectivity index (χ0v) is 11.2. The number of carbonyl (C=O) groups is 1. The van der Waals surface area contributed by atoms with Crippen LogP contribution in [0.3, 0.4) is 0 Å². The molecule has 2 aromatic rings. The van der Waals surface area contributed by atoms with Crippen LogP contribution in [0.15, 0.2) is 36.4 Å². The van der Waals surface area contributed by atoms with Crippen molar-refractivity contribution in [3.05, 3.63) is 62.8 Å². The summed E-state index contributed by atoms with van der Waals surface area (Å²) in [4.78, 5) is 22.0. The molecule has 2 rings (SSSR count). The lowest BCUT2D eigenvalue weighted by molar-refractivity contribution is -0.380. The molecule has 0 N–H and O–H groups in total. The molecule has 0 aliphatic heterocycles. The van der Waals surface area contributed by atoms with Crippen LogP contribution in [0.2, 0.25) is 0 Å². The van der Waals surface area contributed by atoms with Crippen molar-refractivity contribution in [3.63, 3.8) is 0 Å². The molecule has 0 fully saturated rings. The van der Waals surface area contributed by atoms with Crippen molar-refractivity contribution in [2.24, 2.45) is 0 Å². The summed E-state index contributed by atoms with van der Waals surface area (Å²) in [6, 6.07) is 8.19. The third kappa shape index (κ3) is 3.18. The Labute approximate surface area is 117 Å². The molecular formula is C13H10FNO4S. The van der Waals surface area contributed by atoms with E-state index in [1.807, 2.05) is 0 Å². The Morgan fingerprint density at radius 1 is 1.30 bits per heavy atom. The van der Waals surface area contributed by atoms with Crippen LogP contribution in [0.25, 0.3) is 0 Å². The van der Waals surface area contributed by atoms with E-state index in [1.54, 1.807) is 6.92 Å². The fourth-order valence-corrected chi connectivity index (χ4v) is 2.26. The molecule has 104 valence electrons. The number of hydrogen-bond donors (Lipinski definition) is 0. The Morgan fingerprint density at radius 2 is 1.95 bits per heavy atom. The van der Waals surface area contributed by atoms with E-state index in [1.165, 1.54) is 36.4 Å². The Kier molecular flexibility index (Phi) is 4.09. The van der Waals surface area contributed by atoms with Crippen molar-refractivity contribution < 1.29 is 18.8 Å². The van der Waals surface area contributed by atoms with E-state index in [4.69, 9.17) is 4.74 Å². The number of rotatable bonds is 4. The fraction of sp³-hybridized carbons (Fsp3) is 0.154. The minimum absolute atomic E-state index is 0.119. The van der Waals surface area contributed by atoms with Gasteiger partial charge in [-0.05, 0) is 30.7 Å². The molecule has 5 nitrogen and oxygen atoms in total. The summed E-state index contributed by atoms with van der Waals surface area (Å²) in [5.41, 5.74) is 0.644. The predicted octanol–water partition coefficient (Wildman–Crippen LogP) is 3.71. The number of benzene rings is 1. The molecule has 0 radical (unpaired) electrons. The van der Waals surface area contributed by atoms with Gasteiger partial charge in [-0.2, -0.15) is 0 Å². The van der Waals surface area contributed by atoms with Gasteiger partial charge in [0.2, 0.25) is 0 Å². The minimum atomic E-state index is -0.639. The number of nitrogens with zero attached hydrogens (tertiary/aromatic N) is 1. The number of ether oxygens (including phenoxy) is 1. The monoisotopic (exact) mass is 295 g/mol. The molecule has 1 aromatic carbocycles. The number of hydrogen-bond acceptors (Lipinski definition) is 5. The van der Waals surface area contributed by atoms with Crippen molar-refractivity contribution in [2.75, 3.05) is 0 Å². The van der Waals surface area contributed by atoms with Gasteiger partial charge < -0.3 is 4.74 Å². The van der Waals surface area contributed by atoms with E-state index in [0.717, 1.165) is 11.3 Å². The molecule has 0 amide bonds. The number of carbonyl (C=O) groups excluding carboxylic acids is 1. The van der Waals surface area contributed by atoms with Gasteiger partial charge in [0.25, 0.3) is 0 Å².